The Labute approximate surface area is 114 Å². The SMILES string of the molecule is CC(=O)O/C1=C/C=C\C(C)C(=O)OCCCCCC1. The Morgan fingerprint density at radius 3 is 2.79 bits per heavy atom. The molecule has 0 saturated heterocycles. The van der Waals surface area contributed by atoms with E-state index >= 15 is 0 Å². The normalized spacial score (nSPS) is 26.7. The van der Waals surface area contributed by atoms with Crippen LogP contribution in [0.4, 0.5) is 0 Å². The van der Waals surface area contributed by atoms with Crippen molar-refractivity contribution in [3.05, 3.63) is 24.0 Å². The van der Waals surface area contributed by atoms with Crippen LogP contribution in [0.3, 0.4) is 0 Å². The Hall–Kier alpha value is -1.58. The molecule has 4 heteroatoms. The summed E-state index contributed by atoms with van der Waals surface area (Å²) in [5.41, 5.74) is 0. The highest BCUT2D eigenvalue weighted by atomic mass is 16.5. The van der Waals surface area contributed by atoms with E-state index in [9.17, 15) is 9.59 Å². The minimum absolute atomic E-state index is 0.210. The standard InChI is InChI=1S/C15H22O4/c1-12-8-7-10-14(19-13(2)16)9-5-3-4-6-11-18-15(12)17/h7-8,10,12H,3-6,9,11H2,1-2H3/b8-7-,14-10+. The van der Waals surface area contributed by atoms with Gasteiger partial charge in [-0.1, -0.05) is 25.0 Å². The molecule has 0 saturated carbocycles. The predicted octanol–water partition coefficient (Wildman–Crippen LogP) is 3.13. The van der Waals surface area contributed by atoms with Crippen molar-refractivity contribution in [2.45, 2.75) is 46.0 Å². The van der Waals surface area contributed by atoms with E-state index < -0.39 is 0 Å². The monoisotopic (exact) mass is 266 g/mol. The highest BCUT2D eigenvalue weighted by Gasteiger charge is 2.11. The first-order valence-electron chi connectivity index (χ1n) is 6.82. The summed E-state index contributed by atoms with van der Waals surface area (Å²) in [5.74, 6) is -0.145. The molecule has 1 aliphatic rings. The Bertz CT molecular complexity index is 368. The molecule has 0 spiro atoms. The Balaban J connectivity index is 2.69. The third-order valence-electron chi connectivity index (χ3n) is 2.89. The molecule has 106 valence electrons. The minimum atomic E-state index is -0.309. The molecule has 0 bridgehead atoms. The Kier molecular flexibility index (Phi) is 6.93. The number of ether oxygens (including phenoxy) is 2. The molecular weight excluding hydrogens is 244 g/mol. The first kappa shape index (κ1) is 15.5. The third kappa shape index (κ3) is 6.79. The molecule has 0 radical (unpaired) electrons. The van der Waals surface area contributed by atoms with Crippen LogP contribution in [0.25, 0.3) is 0 Å². The van der Waals surface area contributed by atoms with Crippen molar-refractivity contribution < 1.29 is 19.1 Å². The van der Waals surface area contributed by atoms with Gasteiger partial charge in [0.1, 0.15) is 5.76 Å². The molecular formula is C15H22O4. The third-order valence-corrected chi connectivity index (χ3v) is 2.89. The first-order chi connectivity index (χ1) is 9.09. The number of carbonyl (C=O) groups is 2. The summed E-state index contributed by atoms with van der Waals surface area (Å²) in [6, 6.07) is 0. The lowest BCUT2D eigenvalue weighted by molar-refractivity contribution is -0.146. The summed E-state index contributed by atoms with van der Waals surface area (Å²) in [5, 5.41) is 0. The largest absolute Gasteiger partial charge is 0.465 e. The van der Waals surface area contributed by atoms with Gasteiger partial charge < -0.3 is 9.47 Å². The van der Waals surface area contributed by atoms with E-state index in [4.69, 9.17) is 9.47 Å². The van der Waals surface area contributed by atoms with Crippen LogP contribution in [-0.4, -0.2) is 18.5 Å². The topological polar surface area (TPSA) is 52.6 Å². The van der Waals surface area contributed by atoms with E-state index in [1.54, 1.807) is 25.2 Å². The van der Waals surface area contributed by atoms with Crippen LogP contribution >= 0.6 is 0 Å². The second-order valence-corrected chi connectivity index (χ2v) is 4.73. The average molecular weight is 266 g/mol. The zero-order chi connectivity index (χ0) is 14.1. The average Bonchev–Trinajstić information content (AvgIpc) is 2.36. The van der Waals surface area contributed by atoms with Crippen LogP contribution < -0.4 is 0 Å². The summed E-state index contributed by atoms with van der Waals surface area (Å²) in [7, 11) is 0. The molecule has 0 aromatic heterocycles. The number of rotatable bonds is 1. The summed E-state index contributed by atoms with van der Waals surface area (Å²) in [4.78, 5) is 22.6. The zero-order valence-electron chi connectivity index (χ0n) is 11.7. The van der Waals surface area contributed by atoms with Crippen molar-refractivity contribution >= 4 is 11.9 Å². The molecule has 1 heterocycles. The fourth-order valence-corrected chi connectivity index (χ4v) is 1.82. The van der Waals surface area contributed by atoms with Crippen molar-refractivity contribution in [3.63, 3.8) is 0 Å². The van der Waals surface area contributed by atoms with Crippen molar-refractivity contribution in [3.8, 4) is 0 Å². The van der Waals surface area contributed by atoms with Gasteiger partial charge in [-0.2, -0.15) is 0 Å². The van der Waals surface area contributed by atoms with Gasteiger partial charge in [-0.05, 0) is 25.8 Å². The number of cyclic esters (lactones) is 1. The molecule has 0 aromatic carbocycles. The van der Waals surface area contributed by atoms with E-state index in [1.165, 1.54) is 6.92 Å². The van der Waals surface area contributed by atoms with E-state index in [2.05, 4.69) is 0 Å². The molecule has 0 fully saturated rings. The van der Waals surface area contributed by atoms with Crippen LogP contribution in [0, 0.1) is 5.92 Å². The molecule has 0 amide bonds. The molecule has 1 atom stereocenters. The maximum atomic E-state index is 11.6. The van der Waals surface area contributed by atoms with Gasteiger partial charge in [0.2, 0.25) is 0 Å². The lowest BCUT2D eigenvalue weighted by Gasteiger charge is -2.07. The van der Waals surface area contributed by atoms with E-state index in [0.29, 0.717) is 12.4 Å². The predicted molar refractivity (Wildman–Crippen MR) is 72.2 cm³/mol. The Morgan fingerprint density at radius 2 is 2.05 bits per heavy atom. The summed E-state index contributed by atoms with van der Waals surface area (Å²) in [6.45, 7) is 3.67. The van der Waals surface area contributed by atoms with Gasteiger partial charge >= 0.3 is 11.9 Å². The van der Waals surface area contributed by atoms with Crippen LogP contribution in [0.5, 0.6) is 0 Å². The second-order valence-electron chi connectivity index (χ2n) is 4.73. The van der Waals surface area contributed by atoms with E-state index in [0.717, 1.165) is 32.1 Å². The van der Waals surface area contributed by atoms with Gasteiger partial charge in [0, 0.05) is 13.3 Å². The lowest BCUT2D eigenvalue weighted by atomic mass is 10.1. The van der Waals surface area contributed by atoms with Crippen LogP contribution in [0.15, 0.2) is 24.0 Å². The number of carbonyl (C=O) groups excluding carboxylic acids is 2. The summed E-state index contributed by atoms with van der Waals surface area (Å²) < 4.78 is 10.3. The van der Waals surface area contributed by atoms with Gasteiger partial charge in [0.05, 0.1) is 12.5 Å². The van der Waals surface area contributed by atoms with Crippen molar-refractivity contribution in [2.24, 2.45) is 5.92 Å². The number of hydrogen-bond acceptors (Lipinski definition) is 4. The maximum Gasteiger partial charge on any atom is 0.312 e. The van der Waals surface area contributed by atoms with Crippen molar-refractivity contribution in [2.75, 3.05) is 6.61 Å². The molecule has 19 heavy (non-hydrogen) atoms. The zero-order valence-corrected chi connectivity index (χ0v) is 11.7. The fraction of sp³-hybridized carbons (Fsp3) is 0.600. The fourth-order valence-electron chi connectivity index (χ4n) is 1.82. The number of esters is 2. The van der Waals surface area contributed by atoms with E-state index in [-0.39, 0.29) is 17.9 Å². The molecule has 1 rings (SSSR count). The smallest absolute Gasteiger partial charge is 0.312 e. The van der Waals surface area contributed by atoms with Gasteiger partial charge in [-0.15, -0.1) is 0 Å². The molecule has 1 unspecified atom stereocenters. The number of hydrogen-bond donors (Lipinski definition) is 0. The van der Waals surface area contributed by atoms with Crippen molar-refractivity contribution in [1.82, 2.24) is 0 Å². The number of allylic oxidation sites excluding steroid dienone is 3. The summed E-state index contributed by atoms with van der Waals surface area (Å²) >= 11 is 0. The van der Waals surface area contributed by atoms with Crippen molar-refractivity contribution in [1.29, 1.82) is 0 Å². The molecule has 0 aromatic rings. The highest BCUT2D eigenvalue weighted by molar-refractivity contribution is 5.74. The molecule has 0 N–H and O–H groups in total. The highest BCUT2D eigenvalue weighted by Crippen LogP contribution is 2.14. The van der Waals surface area contributed by atoms with E-state index in [1.807, 2.05) is 0 Å². The maximum absolute atomic E-state index is 11.6. The Morgan fingerprint density at radius 1 is 1.32 bits per heavy atom. The second kappa shape index (κ2) is 8.51. The first-order valence-corrected chi connectivity index (χ1v) is 6.82. The molecule has 1 aliphatic heterocycles. The quantitative estimate of drug-likeness (QED) is 0.684. The van der Waals surface area contributed by atoms with Crippen LogP contribution in [0.1, 0.15) is 46.0 Å². The van der Waals surface area contributed by atoms with Gasteiger partial charge in [-0.3, -0.25) is 9.59 Å². The van der Waals surface area contributed by atoms with Crippen LogP contribution in [-0.2, 0) is 19.1 Å². The summed E-state index contributed by atoms with van der Waals surface area (Å²) in [6.07, 6.45) is 9.91. The van der Waals surface area contributed by atoms with Crippen LogP contribution in [0.2, 0.25) is 0 Å². The lowest BCUT2D eigenvalue weighted by Crippen LogP contribution is -2.13. The molecule has 0 aliphatic carbocycles. The molecule has 4 nitrogen and oxygen atoms in total. The van der Waals surface area contributed by atoms with Gasteiger partial charge in [-0.25, -0.2) is 0 Å². The van der Waals surface area contributed by atoms with Gasteiger partial charge in [0.25, 0.3) is 0 Å². The minimum Gasteiger partial charge on any atom is -0.465 e. The van der Waals surface area contributed by atoms with Gasteiger partial charge in [0.15, 0.2) is 0 Å².